The average molecular weight is 709 g/mol. The third-order valence-corrected chi connectivity index (χ3v) is 10.7. The molecule has 8 aromatic carbocycles. The minimum atomic E-state index is 0.570. The van der Waals surface area contributed by atoms with Gasteiger partial charge in [0.2, 0.25) is 5.89 Å². The van der Waals surface area contributed by atoms with Crippen LogP contribution >= 0.6 is 0 Å². The molecule has 0 radical (unpaired) electrons. The lowest BCUT2D eigenvalue weighted by atomic mass is 9.97. The first-order valence-electron chi connectivity index (χ1n) is 18.3. The highest BCUT2D eigenvalue weighted by atomic mass is 16.4. The number of hydrogen-bond acceptors (Lipinski definition) is 6. The van der Waals surface area contributed by atoms with Crippen LogP contribution < -0.4 is 4.90 Å². The maximum absolute atomic E-state index is 6.42. The van der Waals surface area contributed by atoms with Gasteiger partial charge in [-0.3, -0.25) is 0 Å². The molecule has 0 fully saturated rings. The van der Waals surface area contributed by atoms with Crippen LogP contribution in [0.25, 0.3) is 99.5 Å². The summed E-state index contributed by atoms with van der Waals surface area (Å²) >= 11 is 0. The highest BCUT2D eigenvalue weighted by molar-refractivity contribution is 6.19. The lowest BCUT2D eigenvalue weighted by Gasteiger charge is -2.26. The summed E-state index contributed by atoms with van der Waals surface area (Å²) in [7, 11) is 0. The standard InChI is InChI=1S/C49H28N2O4/c1-2-10-30(11-3-1)49-50-48-45(55-49)28-44-47(36-14-6-9-17-41(36)54-44)46(48)29-18-20-31(21-19-29)51(32-22-24-42-37(26-32)34-12-4-7-15-39(34)52-42)33-23-25-43-38(27-33)35-13-5-8-16-40(35)53-43/h1-28H. The zero-order chi connectivity index (χ0) is 36.0. The van der Waals surface area contributed by atoms with E-state index in [0.29, 0.717) is 11.5 Å². The topological polar surface area (TPSA) is 68.7 Å². The fourth-order valence-electron chi connectivity index (χ4n) is 8.19. The normalized spacial score (nSPS) is 12.0. The molecule has 4 heterocycles. The Hall–Kier alpha value is -7.57. The third kappa shape index (κ3) is 4.58. The second kappa shape index (κ2) is 11.5. The van der Waals surface area contributed by atoms with E-state index in [2.05, 4.69) is 95.9 Å². The van der Waals surface area contributed by atoms with Gasteiger partial charge in [0.25, 0.3) is 0 Å². The van der Waals surface area contributed by atoms with E-state index in [4.69, 9.17) is 22.7 Å². The van der Waals surface area contributed by atoms with E-state index in [0.717, 1.165) is 105 Å². The lowest BCUT2D eigenvalue weighted by Crippen LogP contribution is -2.09. The Labute approximate surface area is 313 Å². The zero-order valence-electron chi connectivity index (χ0n) is 29.2. The number of anilines is 3. The van der Waals surface area contributed by atoms with Crippen LogP contribution in [-0.2, 0) is 0 Å². The highest BCUT2D eigenvalue weighted by Gasteiger charge is 2.23. The van der Waals surface area contributed by atoms with Gasteiger partial charge in [-0.1, -0.05) is 84.9 Å². The number of benzene rings is 8. The minimum Gasteiger partial charge on any atom is -0.456 e. The number of oxazole rings is 1. The molecule has 4 aromatic heterocycles. The average Bonchev–Trinajstić information content (AvgIpc) is 4.02. The van der Waals surface area contributed by atoms with Gasteiger partial charge in [0.15, 0.2) is 5.58 Å². The summed E-state index contributed by atoms with van der Waals surface area (Å²) in [5, 5.41) is 6.33. The summed E-state index contributed by atoms with van der Waals surface area (Å²) in [6.07, 6.45) is 0. The molecule has 6 nitrogen and oxygen atoms in total. The molecular weight excluding hydrogens is 681 g/mol. The van der Waals surface area contributed by atoms with Gasteiger partial charge in [-0.05, 0) is 84.4 Å². The van der Waals surface area contributed by atoms with Crippen molar-refractivity contribution in [3.63, 3.8) is 0 Å². The monoisotopic (exact) mass is 708 g/mol. The van der Waals surface area contributed by atoms with Gasteiger partial charge in [0.1, 0.15) is 39.0 Å². The number of para-hydroxylation sites is 3. The summed E-state index contributed by atoms with van der Waals surface area (Å²) in [4.78, 5) is 7.40. The molecule has 0 aliphatic heterocycles. The van der Waals surface area contributed by atoms with Gasteiger partial charge < -0.3 is 22.6 Å². The lowest BCUT2D eigenvalue weighted by molar-refractivity contribution is 0.617. The molecule has 0 spiro atoms. The number of furan rings is 3. The molecule has 55 heavy (non-hydrogen) atoms. The van der Waals surface area contributed by atoms with Crippen LogP contribution in [0.2, 0.25) is 0 Å². The minimum absolute atomic E-state index is 0.570. The van der Waals surface area contributed by atoms with Crippen LogP contribution in [-0.4, -0.2) is 4.98 Å². The van der Waals surface area contributed by atoms with E-state index < -0.39 is 0 Å². The quantitative estimate of drug-likeness (QED) is 0.177. The van der Waals surface area contributed by atoms with E-state index in [1.807, 2.05) is 78.9 Å². The van der Waals surface area contributed by atoms with Gasteiger partial charge in [-0.15, -0.1) is 0 Å². The van der Waals surface area contributed by atoms with Crippen molar-refractivity contribution >= 4 is 94.0 Å². The Morgan fingerprint density at radius 2 is 0.855 bits per heavy atom. The van der Waals surface area contributed by atoms with Crippen LogP contribution in [0, 0.1) is 0 Å². The molecule has 0 saturated carbocycles. The predicted molar refractivity (Wildman–Crippen MR) is 221 cm³/mol. The van der Waals surface area contributed by atoms with Crippen molar-refractivity contribution in [2.75, 3.05) is 4.90 Å². The van der Waals surface area contributed by atoms with E-state index in [1.165, 1.54) is 0 Å². The van der Waals surface area contributed by atoms with Crippen LogP contribution in [0.5, 0.6) is 0 Å². The Kier molecular flexibility index (Phi) is 6.24. The highest BCUT2D eigenvalue weighted by Crippen LogP contribution is 2.45. The molecule has 0 bridgehead atoms. The molecule has 0 N–H and O–H groups in total. The summed E-state index contributed by atoms with van der Waals surface area (Å²) in [5.74, 6) is 0.570. The molecule has 0 aliphatic carbocycles. The van der Waals surface area contributed by atoms with E-state index in [9.17, 15) is 0 Å². The molecular formula is C49H28N2O4. The molecule has 0 atom stereocenters. The Balaban J connectivity index is 1.07. The van der Waals surface area contributed by atoms with Gasteiger partial charge in [-0.2, -0.15) is 0 Å². The van der Waals surface area contributed by atoms with Crippen molar-refractivity contribution in [3.05, 3.63) is 170 Å². The number of fused-ring (bicyclic) bond motifs is 10. The molecule has 0 amide bonds. The first-order valence-corrected chi connectivity index (χ1v) is 18.3. The molecule has 0 unspecified atom stereocenters. The zero-order valence-corrected chi connectivity index (χ0v) is 29.2. The second-order valence-corrected chi connectivity index (χ2v) is 13.9. The molecule has 12 aromatic rings. The summed E-state index contributed by atoms with van der Waals surface area (Å²) in [5.41, 5.74) is 12.4. The van der Waals surface area contributed by atoms with Crippen molar-refractivity contribution in [1.82, 2.24) is 4.98 Å². The van der Waals surface area contributed by atoms with Crippen LogP contribution in [0.4, 0.5) is 17.1 Å². The van der Waals surface area contributed by atoms with Crippen molar-refractivity contribution < 1.29 is 17.7 Å². The third-order valence-electron chi connectivity index (χ3n) is 10.7. The van der Waals surface area contributed by atoms with Gasteiger partial charge in [0.05, 0.1) is 0 Å². The van der Waals surface area contributed by atoms with Crippen molar-refractivity contribution in [1.29, 1.82) is 0 Å². The van der Waals surface area contributed by atoms with Gasteiger partial charge >= 0.3 is 0 Å². The Morgan fingerprint density at radius 3 is 1.49 bits per heavy atom. The second-order valence-electron chi connectivity index (χ2n) is 13.9. The van der Waals surface area contributed by atoms with Crippen LogP contribution in [0.3, 0.4) is 0 Å². The Morgan fingerprint density at radius 1 is 0.345 bits per heavy atom. The maximum atomic E-state index is 6.42. The van der Waals surface area contributed by atoms with E-state index >= 15 is 0 Å². The number of rotatable bonds is 5. The number of aromatic nitrogens is 1. The van der Waals surface area contributed by atoms with Gasteiger partial charge in [-0.25, -0.2) is 4.98 Å². The van der Waals surface area contributed by atoms with E-state index in [-0.39, 0.29) is 0 Å². The maximum Gasteiger partial charge on any atom is 0.227 e. The van der Waals surface area contributed by atoms with Crippen LogP contribution in [0.1, 0.15) is 0 Å². The SMILES string of the molecule is c1ccc(-c2nc3c(-c4ccc(N(c5ccc6oc7ccccc7c6c5)c5ccc6oc7ccccc7c6c5)cc4)c4c(cc3o2)oc2ccccc24)cc1. The fraction of sp³-hybridized carbons (Fsp3) is 0. The molecule has 0 saturated heterocycles. The van der Waals surface area contributed by atoms with Crippen molar-refractivity contribution in [2.45, 2.75) is 0 Å². The molecule has 0 aliphatic rings. The number of nitrogens with zero attached hydrogens (tertiary/aromatic N) is 2. The summed E-state index contributed by atoms with van der Waals surface area (Å²) in [6, 6.07) is 58.0. The van der Waals surface area contributed by atoms with Crippen LogP contribution in [0.15, 0.2) is 188 Å². The first-order chi connectivity index (χ1) is 27.2. The largest absolute Gasteiger partial charge is 0.456 e. The van der Waals surface area contributed by atoms with E-state index in [1.54, 1.807) is 0 Å². The molecule has 6 heteroatoms. The summed E-state index contributed by atoms with van der Waals surface area (Å²) in [6.45, 7) is 0. The number of hydrogen-bond donors (Lipinski definition) is 0. The summed E-state index contributed by atoms with van der Waals surface area (Å²) < 4.78 is 25.3. The predicted octanol–water partition coefficient (Wildman–Crippen LogP) is 14.3. The first kappa shape index (κ1) is 29.9. The molecule has 258 valence electrons. The van der Waals surface area contributed by atoms with Gasteiger partial charge in [0, 0.05) is 66.6 Å². The Bertz CT molecular complexity index is 3330. The van der Waals surface area contributed by atoms with Crippen molar-refractivity contribution in [2.24, 2.45) is 0 Å². The molecule has 12 rings (SSSR count). The fourth-order valence-corrected chi connectivity index (χ4v) is 8.19. The smallest absolute Gasteiger partial charge is 0.227 e. The van der Waals surface area contributed by atoms with Crippen molar-refractivity contribution in [3.8, 4) is 22.6 Å².